The van der Waals surface area contributed by atoms with Crippen molar-refractivity contribution in [2.75, 3.05) is 5.32 Å². The fourth-order valence-electron chi connectivity index (χ4n) is 2.83. The summed E-state index contributed by atoms with van der Waals surface area (Å²) in [6.07, 6.45) is 0. The van der Waals surface area contributed by atoms with Crippen LogP contribution in [0.15, 0.2) is 42.5 Å². The second-order valence-electron chi connectivity index (χ2n) is 6.48. The highest BCUT2D eigenvalue weighted by molar-refractivity contribution is 7.78. The van der Waals surface area contributed by atoms with Gasteiger partial charge in [-0.25, -0.2) is 4.21 Å². The highest BCUT2D eigenvalue weighted by atomic mass is 32.2. The Bertz CT molecular complexity index is 1020. The molecule has 0 aliphatic heterocycles. The van der Waals surface area contributed by atoms with Crippen LogP contribution in [0.1, 0.15) is 29.9 Å². The molecular formula is C19H20N4O3S. The van der Waals surface area contributed by atoms with Crippen LogP contribution in [0.2, 0.25) is 0 Å². The van der Waals surface area contributed by atoms with E-state index in [0.29, 0.717) is 11.2 Å². The molecule has 8 heteroatoms. The summed E-state index contributed by atoms with van der Waals surface area (Å²) in [5, 5.41) is 12.1. The first-order valence-electron chi connectivity index (χ1n) is 8.38. The normalized spacial score (nSPS) is 12.3. The maximum atomic E-state index is 11.8. The zero-order valence-electron chi connectivity index (χ0n) is 15.0. The van der Waals surface area contributed by atoms with Gasteiger partial charge < -0.3 is 15.6 Å². The third-order valence-corrected chi connectivity index (χ3v) is 4.58. The van der Waals surface area contributed by atoms with Gasteiger partial charge in [0.05, 0.1) is 17.0 Å². The Kier molecular flexibility index (Phi) is 5.48. The van der Waals surface area contributed by atoms with Crippen molar-refractivity contribution in [1.82, 2.24) is 10.2 Å². The molecule has 0 saturated carbocycles. The predicted octanol–water partition coefficient (Wildman–Crippen LogP) is 2.94. The highest BCUT2D eigenvalue weighted by Crippen LogP contribution is 2.30. The van der Waals surface area contributed by atoms with Crippen molar-refractivity contribution in [2.45, 2.75) is 25.6 Å². The number of primary amides is 1. The number of benzene rings is 2. The van der Waals surface area contributed by atoms with Crippen molar-refractivity contribution in [3.63, 3.8) is 0 Å². The number of nitrogens with two attached hydrogens (primary N) is 1. The monoisotopic (exact) mass is 384 g/mol. The molecule has 0 fully saturated rings. The minimum Gasteiger partial charge on any atom is -0.380 e. The average Bonchev–Trinajstić information content (AvgIpc) is 2.61. The number of hydrogen-bond donors (Lipinski definition) is 3. The van der Waals surface area contributed by atoms with Crippen LogP contribution in [0.25, 0.3) is 22.0 Å². The summed E-state index contributed by atoms with van der Waals surface area (Å²) >= 11 is -1.87. The van der Waals surface area contributed by atoms with Crippen LogP contribution in [0, 0.1) is 0 Å². The first-order valence-corrected chi connectivity index (χ1v) is 9.66. The number of hydrogen-bond acceptors (Lipinski definition) is 5. The van der Waals surface area contributed by atoms with Gasteiger partial charge in [-0.3, -0.25) is 4.79 Å². The van der Waals surface area contributed by atoms with Gasteiger partial charge in [-0.15, -0.1) is 10.2 Å². The number of nitrogens with zero attached hydrogens (tertiary/aromatic N) is 2. The summed E-state index contributed by atoms with van der Waals surface area (Å²) in [7, 11) is 0. The number of aromatic nitrogens is 2. The zero-order valence-corrected chi connectivity index (χ0v) is 15.8. The Hall–Kier alpha value is -2.84. The molecule has 7 nitrogen and oxygen atoms in total. The number of carbonyl (C=O) groups is 1. The molecule has 140 valence electrons. The first kappa shape index (κ1) is 18.9. The Balaban J connectivity index is 2.10. The lowest BCUT2D eigenvalue weighted by molar-refractivity contribution is 0.0995. The lowest BCUT2D eigenvalue weighted by atomic mass is 10.0. The minimum atomic E-state index is -1.87. The van der Waals surface area contributed by atoms with E-state index in [9.17, 15) is 9.00 Å². The molecule has 2 aromatic carbocycles. The smallest absolute Gasteiger partial charge is 0.271 e. The minimum absolute atomic E-state index is 0.0813. The van der Waals surface area contributed by atoms with Gasteiger partial charge in [0.25, 0.3) is 5.91 Å². The van der Waals surface area contributed by atoms with E-state index in [2.05, 4.69) is 15.5 Å². The average molecular weight is 384 g/mol. The molecule has 0 spiro atoms. The molecule has 1 atom stereocenters. The highest BCUT2D eigenvalue weighted by Gasteiger charge is 2.16. The fourth-order valence-corrected chi connectivity index (χ4v) is 3.31. The van der Waals surface area contributed by atoms with Gasteiger partial charge in [0.15, 0.2) is 16.8 Å². The topological polar surface area (TPSA) is 118 Å². The van der Waals surface area contributed by atoms with Gasteiger partial charge in [-0.2, -0.15) is 0 Å². The van der Waals surface area contributed by atoms with Gasteiger partial charge in [-0.1, -0.05) is 30.3 Å². The Morgan fingerprint density at radius 3 is 2.41 bits per heavy atom. The van der Waals surface area contributed by atoms with Crippen LogP contribution in [0.5, 0.6) is 0 Å². The summed E-state index contributed by atoms with van der Waals surface area (Å²) in [6, 6.07) is 13.2. The summed E-state index contributed by atoms with van der Waals surface area (Å²) in [5.41, 5.74) is 9.43. The predicted molar refractivity (Wildman–Crippen MR) is 107 cm³/mol. The third-order valence-electron chi connectivity index (χ3n) is 4.00. The number of rotatable bonds is 6. The van der Waals surface area contributed by atoms with Crippen LogP contribution in [0.3, 0.4) is 0 Å². The van der Waals surface area contributed by atoms with Crippen molar-refractivity contribution < 1.29 is 13.6 Å². The standard InChI is InChI=1S/C19H20N4O3S/c1-11(2)21-17-15-9-14(7-8-16(15)22-23-18(17)19(20)24)13-5-3-12(4-6-13)10-27(25)26/h3-9,11H,10H2,1-2H3,(H2,20,24)(H,21,22)(H,25,26). The van der Waals surface area contributed by atoms with Crippen LogP contribution < -0.4 is 11.1 Å². The van der Waals surface area contributed by atoms with E-state index < -0.39 is 17.0 Å². The first-order chi connectivity index (χ1) is 12.8. The molecule has 3 aromatic rings. The van der Waals surface area contributed by atoms with Crippen LogP contribution in [0.4, 0.5) is 5.69 Å². The third kappa shape index (κ3) is 4.29. The van der Waals surface area contributed by atoms with Crippen molar-refractivity contribution in [2.24, 2.45) is 5.73 Å². The largest absolute Gasteiger partial charge is 0.380 e. The van der Waals surface area contributed by atoms with Crippen LogP contribution in [-0.2, 0) is 16.8 Å². The molecule has 1 unspecified atom stereocenters. The summed E-state index contributed by atoms with van der Waals surface area (Å²) in [6.45, 7) is 3.93. The fraction of sp³-hybridized carbons (Fsp3) is 0.211. The number of nitrogens with one attached hydrogen (secondary N) is 1. The van der Waals surface area contributed by atoms with E-state index in [1.807, 2.05) is 56.3 Å². The van der Waals surface area contributed by atoms with E-state index in [-0.39, 0.29) is 17.5 Å². The number of carbonyl (C=O) groups excluding carboxylic acids is 1. The maximum absolute atomic E-state index is 11.8. The van der Waals surface area contributed by atoms with Crippen molar-refractivity contribution in [3.05, 3.63) is 53.7 Å². The van der Waals surface area contributed by atoms with Gasteiger partial charge >= 0.3 is 0 Å². The van der Waals surface area contributed by atoms with Crippen molar-refractivity contribution in [1.29, 1.82) is 0 Å². The molecule has 4 N–H and O–H groups in total. The molecule has 0 aliphatic rings. The number of fused-ring (bicyclic) bond motifs is 1. The summed E-state index contributed by atoms with van der Waals surface area (Å²) in [4.78, 5) is 11.8. The molecule has 1 heterocycles. The molecule has 0 bridgehead atoms. The molecule has 0 radical (unpaired) electrons. The lowest BCUT2D eigenvalue weighted by Gasteiger charge is -2.15. The van der Waals surface area contributed by atoms with Gasteiger partial charge in [0.1, 0.15) is 0 Å². The van der Waals surface area contributed by atoms with Crippen LogP contribution in [-0.4, -0.2) is 30.9 Å². The Morgan fingerprint density at radius 2 is 1.81 bits per heavy atom. The van der Waals surface area contributed by atoms with Gasteiger partial charge in [0.2, 0.25) is 0 Å². The second kappa shape index (κ2) is 7.81. The summed E-state index contributed by atoms with van der Waals surface area (Å²) in [5.74, 6) is -0.544. The zero-order chi connectivity index (χ0) is 19.6. The van der Waals surface area contributed by atoms with E-state index in [4.69, 9.17) is 10.3 Å². The molecule has 27 heavy (non-hydrogen) atoms. The van der Waals surface area contributed by atoms with Gasteiger partial charge in [0, 0.05) is 11.4 Å². The SMILES string of the molecule is CC(C)Nc1c(C(N)=O)nnc2ccc(-c3ccc(CS(=O)O)cc3)cc12. The molecule has 3 rings (SSSR count). The maximum Gasteiger partial charge on any atom is 0.271 e. The van der Waals surface area contributed by atoms with Crippen molar-refractivity contribution >= 4 is 33.6 Å². The molecule has 1 amide bonds. The van der Waals surface area contributed by atoms with Gasteiger partial charge in [-0.05, 0) is 42.7 Å². The molecule has 1 aromatic heterocycles. The van der Waals surface area contributed by atoms with E-state index in [1.54, 1.807) is 0 Å². The van der Waals surface area contributed by atoms with E-state index in [0.717, 1.165) is 22.1 Å². The quantitative estimate of drug-likeness (QED) is 0.562. The van der Waals surface area contributed by atoms with Crippen LogP contribution >= 0.6 is 0 Å². The van der Waals surface area contributed by atoms with E-state index in [1.165, 1.54) is 0 Å². The Labute approximate surface area is 159 Å². The second-order valence-corrected chi connectivity index (χ2v) is 7.41. The Morgan fingerprint density at radius 1 is 1.15 bits per heavy atom. The summed E-state index contributed by atoms with van der Waals surface area (Å²) < 4.78 is 19.9. The molecular weight excluding hydrogens is 364 g/mol. The molecule has 0 aliphatic carbocycles. The molecule has 0 saturated heterocycles. The lowest BCUT2D eigenvalue weighted by Crippen LogP contribution is -2.20. The van der Waals surface area contributed by atoms with E-state index >= 15 is 0 Å². The number of anilines is 1. The van der Waals surface area contributed by atoms with Crippen molar-refractivity contribution in [3.8, 4) is 11.1 Å². The number of amides is 1.